The van der Waals surface area contributed by atoms with Gasteiger partial charge in [-0.05, 0) is 55.0 Å². The lowest BCUT2D eigenvalue weighted by Crippen LogP contribution is -2.54. The average Bonchev–Trinajstić information content (AvgIpc) is 2.53. The van der Waals surface area contributed by atoms with Crippen molar-refractivity contribution in [2.45, 2.75) is 6.92 Å². The standard InChI is InChI=1S/C18H12Cl2N2O2S/c1-10-4-2-5-11(8-10)22-17(24)13(16(23)21-18(22)25)9-12-14(19)6-3-7-15(12)20/h2-9H,1H3,(H,21,23,25)/b13-9+. The summed E-state index contributed by atoms with van der Waals surface area (Å²) in [6.07, 6.45) is 1.38. The second-order valence-electron chi connectivity index (χ2n) is 5.43. The number of hydrogen-bond donors (Lipinski definition) is 1. The van der Waals surface area contributed by atoms with Crippen molar-refractivity contribution >= 4 is 64.1 Å². The molecule has 7 heteroatoms. The molecule has 0 aromatic heterocycles. The van der Waals surface area contributed by atoms with Crippen LogP contribution in [0.25, 0.3) is 6.08 Å². The highest BCUT2D eigenvalue weighted by Gasteiger charge is 2.34. The number of nitrogens with zero attached hydrogens (tertiary/aromatic N) is 1. The predicted molar refractivity (Wildman–Crippen MR) is 104 cm³/mol. The minimum atomic E-state index is -0.588. The van der Waals surface area contributed by atoms with E-state index in [0.717, 1.165) is 5.56 Å². The number of halogens is 2. The molecule has 2 aromatic rings. The molecule has 1 aliphatic heterocycles. The molecule has 1 N–H and O–H groups in total. The van der Waals surface area contributed by atoms with Crippen LogP contribution in [0, 0.1) is 6.92 Å². The monoisotopic (exact) mass is 390 g/mol. The molecular weight excluding hydrogens is 379 g/mol. The lowest BCUT2D eigenvalue weighted by molar-refractivity contribution is -0.122. The van der Waals surface area contributed by atoms with Gasteiger partial charge in [0.15, 0.2) is 5.11 Å². The number of benzene rings is 2. The Morgan fingerprint density at radius 3 is 2.36 bits per heavy atom. The zero-order valence-corrected chi connectivity index (χ0v) is 15.4. The topological polar surface area (TPSA) is 49.4 Å². The number of hydrogen-bond acceptors (Lipinski definition) is 3. The van der Waals surface area contributed by atoms with Gasteiger partial charge in [-0.15, -0.1) is 0 Å². The van der Waals surface area contributed by atoms with Gasteiger partial charge in [-0.25, -0.2) is 0 Å². The van der Waals surface area contributed by atoms with Gasteiger partial charge in [-0.1, -0.05) is 41.4 Å². The number of aryl methyl sites for hydroxylation is 1. The molecule has 0 aliphatic carbocycles. The highest BCUT2D eigenvalue weighted by Crippen LogP contribution is 2.29. The maximum absolute atomic E-state index is 12.9. The van der Waals surface area contributed by atoms with E-state index in [1.54, 1.807) is 24.3 Å². The van der Waals surface area contributed by atoms with Gasteiger partial charge in [0, 0.05) is 15.6 Å². The Labute approximate surface area is 160 Å². The number of amides is 2. The van der Waals surface area contributed by atoms with E-state index in [1.807, 2.05) is 25.1 Å². The Balaban J connectivity index is 2.09. The van der Waals surface area contributed by atoms with Crippen LogP contribution >= 0.6 is 35.4 Å². The summed E-state index contributed by atoms with van der Waals surface area (Å²) >= 11 is 17.4. The number of nitrogens with one attached hydrogen (secondary N) is 1. The van der Waals surface area contributed by atoms with Crippen LogP contribution in [-0.4, -0.2) is 16.9 Å². The molecule has 4 nitrogen and oxygen atoms in total. The number of rotatable bonds is 2. The van der Waals surface area contributed by atoms with Crippen molar-refractivity contribution in [3.8, 4) is 0 Å². The van der Waals surface area contributed by atoms with E-state index in [-0.39, 0.29) is 10.7 Å². The van der Waals surface area contributed by atoms with E-state index >= 15 is 0 Å². The number of carbonyl (C=O) groups is 2. The van der Waals surface area contributed by atoms with Crippen molar-refractivity contribution in [1.29, 1.82) is 0 Å². The van der Waals surface area contributed by atoms with Crippen LogP contribution in [0.2, 0.25) is 10.0 Å². The van der Waals surface area contributed by atoms with Crippen LogP contribution < -0.4 is 10.2 Å². The third kappa shape index (κ3) is 3.44. The maximum Gasteiger partial charge on any atom is 0.270 e. The zero-order valence-electron chi connectivity index (χ0n) is 13.0. The number of carbonyl (C=O) groups excluding carboxylic acids is 2. The highest BCUT2D eigenvalue weighted by atomic mass is 35.5. The first kappa shape index (κ1) is 17.6. The first-order chi connectivity index (χ1) is 11.9. The van der Waals surface area contributed by atoms with Crippen LogP contribution in [-0.2, 0) is 9.59 Å². The summed E-state index contributed by atoms with van der Waals surface area (Å²) in [6, 6.07) is 12.2. The fourth-order valence-electron chi connectivity index (χ4n) is 2.45. The third-order valence-corrected chi connectivity index (χ3v) is 4.59. The molecule has 0 bridgehead atoms. The summed E-state index contributed by atoms with van der Waals surface area (Å²) in [5.74, 6) is -1.12. The first-order valence-corrected chi connectivity index (χ1v) is 8.47. The molecule has 0 spiro atoms. The zero-order chi connectivity index (χ0) is 18.1. The Morgan fingerprint density at radius 2 is 1.72 bits per heavy atom. The molecule has 126 valence electrons. The van der Waals surface area contributed by atoms with Crippen LogP contribution in [0.5, 0.6) is 0 Å². The van der Waals surface area contributed by atoms with Gasteiger partial charge in [0.25, 0.3) is 11.8 Å². The van der Waals surface area contributed by atoms with Crippen molar-refractivity contribution in [1.82, 2.24) is 5.32 Å². The van der Waals surface area contributed by atoms with Gasteiger partial charge in [0.2, 0.25) is 0 Å². The van der Waals surface area contributed by atoms with Crippen LogP contribution in [0.3, 0.4) is 0 Å². The SMILES string of the molecule is Cc1cccc(N2C(=O)/C(=C/c3c(Cl)cccc3Cl)C(=O)NC2=S)c1. The molecule has 3 rings (SSSR count). The molecule has 2 aromatic carbocycles. The van der Waals surface area contributed by atoms with E-state index < -0.39 is 11.8 Å². The molecule has 1 fully saturated rings. The molecule has 0 atom stereocenters. The van der Waals surface area contributed by atoms with Crippen molar-refractivity contribution in [3.63, 3.8) is 0 Å². The maximum atomic E-state index is 12.9. The summed E-state index contributed by atoms with van der Waals surface area (Å²) in [7, 11) is 0. The lowest BCUT2D eigenvalue weighted by atomic mass is 10.1. The first-order valence-electron chi connectivity index (χ1n) is 7.30. The molecular formula is C18H12Cl2N2O2S. The highest BCUT2D eigenvalue weighted by molar-refractivity contribution is 7.80. The smallest absolute Gasteiger partial charge is 0.270 e. The molecule has 1 heterocycles. The summed E-state index contributed by atoms with van der Waals surface area (Å²) in [5.41, 5.74) is 1.85. The van der Waals surface area contributed by atoms with Gasteiger partial charge in [0.1, 0.15) is 5.57 Å². The third-order valence-electron chi connectivity index (χ3n) is 3.65. The lowest BCUT2D eigenvalue weighted by Gasteiger charge is -2.29. The van der Waals surface area contributed by atoms with Gasteiger partial charge in [0.05, 0.1) is 5.69 Å². The number of anilines is 1. The van der Waals surface area contributed by atoms with E-state index in [9.17, 15) is 9.59 Å². The molecule has 25 heavy (non-hydrogen) atoms. The Hall–Kier alpha value is -2.21. The molecule has 0 radical (unpaired) electrons. The van der Waals surface area contributed by atoms with Gasteiger partial charge in [-0.2, -0.15) is 0 Å². The van der Waals surface area contributed by atoms with E-state index in [2.05, 4.69) is 5.32 Å². The molecule has 0 saturated carbocycles. The van der Waals surface area contributed by atoms with Crippen LogP contribution in [0.1, 0.15) is 11.1 Å². The fourth-order valence-corrected chi connectivity index (χ4v) is 3.24. The Kier molecular flexibility index (Phi) is 4.90. The second-order valence-corrected chi connectivity index (χ2v) is 6.63. The van der Waals surface area contributed by atoms with Crippen LogP contribution in [0.15, 0.2) is 48.0 Å². The second kappa shape index (κ2) is 6.96. The average molecular weight is 391 g/mol. The van der Waals surface area contributed by atoms with E-state index in [4.69, 9.17) is 35.4 Å². The minimum absolute atomic E-state index is 0.0306. The molecule has 0 unspecified atom stereocenters. The van der Waals surface area contributed by atoms with Gasteiger partial charge >= 0.3 is 0 Å². The van der Waals surface area contributed by atoms with Crippen molar-refractivity contribution < 1.29 is 9.59 Å². The van der Waals surface area contributed by atoms with E-state index in [0.29, 0.717) is 21.3 Å². The van der Waals surface area contributed by atoms with Crippen LogP contribution in [0.4, 0.5) is 5.69 Å². The Bertz CT molecular complexity index is 920. The van der Waals surface area contributed by atoms with Crippen molar-refractivity contribution in [3.05, 3.63) is 69.2 Å². The molecule has 1 aliphatic rings. The largest absolute Gasteiger partial charge is 0.298 e. The molecule has 1 saturated heterocycles. The van der Waals surface area contributed by atoms with Gasteiger partial charge in [-0.3, -0.25) is 19.8 Å². The number of thiocarbonyl (C=S) groups is 1. The summed E-state index contributed by atoms with van der Waals surface area (Å²) < 4.78 is 0. The fraction of sp³-hybridized carbons (Fsp3) is 0.0556. The van der Waals surface area contributed by atoms with E-state index in [1.165, 1.54) is 11.0 Å². The molecule has 2 amide bonds. The minimum Gasteiger partial charge on any atom is -0.298 e. The Morgan fingerprint density at radius 1 is 1.08 bits per heavy atom. The van der Waals surface area contributed by atoms with Crippen molar-refractivity contribution in [2.75, 3.05) is 4.90 Å². The normalized spacial score (nSPS) is 16.4. The van der Waals surface area contributed by atoms with Crippen molar-refractivity contribution in [2.24, 2.45) is 0 Å². The van der Waals surface area contributed by atoms with Gasteiger partial charge < -0.3 is 0 Å². The summed E-state index contributed by atoms with van der Waals surface area (Å²) in [4.78, 5) is 26.5. The predicted octanol–water partition coefficient (Wildman–Crippen LogP) is 4.13. The summed E-state index contributed by atoms with van der Waals surface area (Å²) in [6.45, 7) is 1.90. The summed E-state index contributed by atoms with van der Waals surface area (Å²) in [5, 5.41) is 3.25. The quantitative estimate of drug-likeness (QED) is 0.476.